The highest BCUT2D eigenvalue weighted by Gasteiger charge is 2.24. The number of hydrogen-bond acceptors (Lipinski definition) is 6. The zero-order valence-electron chi connectivity index (χ0n) is 18.9. The third kappa shape index (κ3) is 6.41. The second-order valence-electron chi connectivity index (χ2n) is 7.82. The summed E-state index contributed by atoms with van der Waals surface area (Å²) in [6.45, 7) is 3.03. The van der Waals surface area contributed by atoms with Crippen LogP contribution in [0.2, 0.25) is 0 Å². The summed E-state index contributed by atoms with van der Waals surface area (Å²) >= 11 is 0. The normalized spacial score (nSPS) is 11.5. The van der Waals surface area contributed by atoms with Gasteiger partial charge >= 0.3 is 18.0 Å². The SMILES string of the molecule is CC(=O)C(CC(=O)O)OC(=O)Cc1c(NC(=O)OCc2ccccc2)c(C)cc2ccccc12. The van der Waals surface area contributed by atoms with Gasteiger partial charge in [0.1, 0.15) is 6.61 Å². The fourth-order valence-corrected chi connectivity index (χ4v) is 3.57. The van der Waals surface area contributed by atoms with E-state index >= 15 is 0 Å². The molecule has 0 spiro atoms. The molecule has 3 rings (SSSR count). The number of fused-ring (bicyclic) bond motifs is 1. The van der Waals surface area contributed by atoms with Gasteiger partial charge in [-0.25, -0.2) is 4.79 Å². The van der Waals surface area contributed by atoms with Crippen molar-refractivity contribution >= 4 is 40.3 Å². The van der Waals surface area contributed by atoms with Crippen LogP contribution >= 0.6 is 0 Å². The highest BCUT2D eigenvalue weighted by molar-refractivity contribution is 5.99. The quantitative estimate of drug-likeness (QED) is 0.451. The van der Waals surface area contributed by atoms with Crippen LogP contribution in [0.1, 0.15) is 30.0 Å². The van der Waals surface area contributed by atoms with Crippen molar-refractivity contribution in [1.82, 2.24) is 0 Å². The van der Waals surface area contributed by atoms with E-state index in [0.717, 1.165) is 10.9 Å². The Balaban J connectivity index is 1.86. The largest absolute Gasteiger partial charge is 0.481 e. The van der Waals surface area contributed by atoms with Gasteiger partial charge in [-0.3, -0.25) is 19.7 Å². The lowest BCUT2D eigenvalue weighted by atomic mass is 9.96. The Hall–Kier alpha value is -4.20. The second-order valence-corrected chi connectivity index (χ2v) is 7.82. The maximum atomic E-state index is 12.7. The fraction of sp³-hybridized carbons (Fsp3) is 0.231. The van der Waals surface area contributed by atoms with E-state index in [1.54, 1.807) is 19.1 Å². The minimum Gasteiger partial charge on any atom is -0.481 e. The number of anilines is 1. The van der Waals surface area contributed by atoms with Gasteiger partial charge in [0.2, 0.25) is 0 Å². The van der Waals surface area contributed by atoms with Gasteiger partial charge in [0.15, 0.2) is 11.9 Å². The maximum Gasteiger partial charge on any atom is 0.411 e. The number of rotatable bonds is 9. The molecule has 8 heteroatoms. The van der Waals surface area contributed by atoms with E-state index in [1.165, 1.54) is 6.92 Å². The smallest absolute Gasteiger partial charge is 0.411 e. The van der Waals surface area contributed by atoms with Crippen molar-refractivity contribution in [1.29, 1.82) is 0 Å². The Morgan fingerprint density at radius 3 is 2.35 bits per heavy atom. The van der Waals surface area contributed by atoms with Crippen molar-refractivity contribution in [2.24, 2.45) is 0 Å². The molecule has 0 fully saturated rings. The number of benzene rings is 3. The molecule has 34 heavy (non-hydrogen) atoms. The molecule has 0 heterocycles. The summed E-state index contributed by atoms with van der Waals surface area (Å²) in [5.41, 5.74) is 2.40. The molecule has 176 valence electrons. The molecule has 0 radical (unpaired) electrons. The van der Waals surface area contributed by atoms with Gasteiger partial charge in [-0.15, -0.1) is 0 Å². The lowest BCUT2D eigenvalue weighted by molar-refractivity contribution is -0.157. The minimum absolute atomic E-state index is 0.0756. The summed E-state index contributed by atoms with van der Waals surface area (Å²) in [4.78, 5) is 48.0. The third-order valence-electron chi connectivity index (χ3n) is 5.20. The number of carbonyl (C=O) groups is 4. The van der Waals surface area contributed by atoms with Crippen LogP contribution in [0.4, 0.5) is 10.5 Å². The van der Waals surface area contributed by atoms with Crippen molar-refractivity contribution in [2.45, 2.75) is 39.4 Å². The molecule has 0 aliphatic carbocycles. The van der Waals surface area contributed by atoms with Crippen molar-refractivity contribution in [3.63, 3.8) is 0 Å². The first-order chi connectivity index (χ1) is 16.2. The molecule has 8 nitrogen and oxygen atoms in total. The standard InChI is InChI=1S/C26H25NO7/c1-16-12-19-10-6-7-11-20(19)21(13-24(31)34-22(17(2)28)14-23(29)30)25(16)27-26(32)33-15-18-8-4-3-5-9-18/h3-12,22H,13-15H2,1-2H3,(H,27,32)(H,29,30). The Morgan fingerprint density at radius 1 is 1.00 bits per heavy atom. The van der Waals surface area contributed by atoms with Crippen molar-refractivity contribution in [3.8, 4) is 0 Å². The average Bonchev–Trinajstić information content (AvgIpc) is 2.79. The van der Waals surface area contributed by atoms with Crippen LogP contribution in [0.25, 0.3) is 10.8 Å². The molecule has 0 aromatic heterocycles. The van der Waals surface area contributed by atoms with Gasteiger partial charge in [0, 0.05) is 0 Å². The van der Waals surface area contributed by atoms with Crippen LogP contribution in [0.3, 0.4) is 0 Å². The molecular formula is C26H25NO7. The van der Waals surface area contributed by atoms with E-state index in [9.17, 15) is 19.2 Å². The van der Waals surface area contributed by atoms with Gasteiger partial charge in [0.25, 0.3) is 0 Å². The predicted octanol–water partition coefficient (Wildman–Crippen LogP) is 4.41. The number of ether oxygens (including phenoxy) is 2. The van der Waals surface area contributed by atoms with E-state index in [-0.39, 0.29) is 13.0 Å². The number of amides is 1. The number of aliphatic carboxylic acids is 1. The molecule has 2 N–H and O–H groups in total. The molecule has 3 aromatic rings. The number of carbonyl (C=O) groups excluding carboxylic acids is 3. The van der Waals surface area contributed by atoms with Crippen LogP contribution in [0.5, 0.6) is 0 Å². The summed E-state index contributed by atoms with van der Waals surface area (Å²) in [6, 6.07) is 18.4. The highest BCUT2D eigenvalue weighted by atomic mass is 16.6. The monoisotopic (exact) mass is 463 g/mol. The summed E-state index contributed by atoms with van der Waals surface area (Å²) in [7, 11) is 0. The molecule has 0 aliphatic rings. The summed E-state index contributed by atoms with van der Waals surface area (Å²) in [5, 5.41) is 13.3. The number of carboxylic acids is 1. The molecule has 3 aromatic carbocycles. The number of esters is 1. The lowest BCUT2D eigenvalue weighted by Gasteiger charge is -2.18. The number of nitrogens with one attached hydrogen (secondary N) is 1. The van der Waals surface area contributed by atoms with Gasteiger partial charge in [0.05, 0.1) is 18.5 Å². The van der Waals surface area contributed by atoms with Crippen LogP contribution in [0, 0.1) is 6.92 Å². The summed E-state index contributed by atoms with van der Waals surface area (Å²) < 4.78 is 10.5. The van der Waals surface area contributed by atoms with Gasteiger partial charge in [-0.2, -0.15) is 0 Å². The zero-order valence-corrected chi connectivity index (χ0v) is 18.9. The number of carboxylic acid groups (broad SMARTS) is 1. The molecule has 1 amide bonds. The fourth-order valence-electron chi connectivity index (χ4n) is 3.57. The lowest BCUT2D eigenvalue weighted by Crippen LogP contribution is -2.29. The van der Waals surface area contributed by atoms with Gasteiger partial charge in [-0.1, -0.05) is 54.6 Å². The van der Waals surface area contributed by atoms with Crippen molar-refractivity contribution in [3.05, 3.63) is 77.4 Å². The second kappa shape index (κ2) is 11.1. The first-order valence-electron chi connectivity index (χ1n) is 10.6. The first-order valence-corrected chi connectivity index (χ1v) is 10.6. The molecule has 0 saturated carbocycles. The predicted molar refractivity (Wildman–Crippen MR) is 125 cm³/mol. The van der Waals surface area contributed by atoms with Crippen LogP contribution in [0.15, 0.2) is 60.7 Å². The van der Waals surface area contributed by atoms with E-state index in [4.69, 9.17) is 14.6 Å². The van der Waals surface area contributed by atoms with E-state index in [2.05, 4.69) is 5.32 Å². The van der Waals surface area contributed by atoms with Crippen molar-refractivity contribution in [2.75, 3.05) is 5.32 Å². The number of aryl methyl sites for hydroxylation is 1. The van der Waals surface area contributed by atoms with E-state index in [0.29, 0.717) is 22.2 Å². The van der Waals surface area contributed by atoms with Gasteiger partial charge in [-0.05, 0) is 47.4 Å². The minimum atomic E-state index is -1.38. The maximum absolute atomic E-state index is 12.7. The zero-order chi connectivity index (χ0) is 24.7. The number of hydrogen-bond donors (Lipinski definition) is 2. The van der Waals surface area contributed by atoms with Gasteiger partial charge < -0.3 is 14.6 Å². The van der Waals surface area contributed by atoms with Crippen molar-refractivity contribution < 1.29 is 33.8 Å². The third-order valence-corrected chi connectivity index (χ3v) is 5.20. The van der Waals surface area contributed by atoms with E-state index < -0.39 is 36.3 Å². The molecular weight excluding hydrogens is 438 g/mol. The first kappa shape index (κ1) is 24.4. The van der Waals surface area contributed by atoms with Crippen LogP contribution in [-0.2, 0) is 36.9 Å². The van der Waals surface area contributed by atoms with Crippen LogP contribution in [-0.4, -0.2) is 35.0 Å². The highest BCUT2D eigenvalue weighted by Crippen LogP contribution is 2.31. The molecule has 1 unspecified atom stereocenters. The number of ketones is 1. The molecule has 1 atom stereocenters. The Morgan fingerprint density at radius 2 is 1.68 bits per heavy atom. The Kier molecular flexibility index (Phi) is 7.97. The Bertz CT molecular complexity index is 1220. The topological polar surface area (TPSA) is 119 Å². The number of Topliss-reactive ketones (excluding diaryl/α,β-unsaturated/α-hetero) is 1. The molecule has 0 aliphatic heterocycles. The summed E-state index contributed by atoms with van der Waals surface area (Å²) in [5.74, 6) is -2.59. The molecule has 0 saturated heterocycles. The van der Waals surface area contributed by atoms with E-state index in [1.807, 2.05) is 48.5 Å². The summed E-state index contributed by atoms with van der Waals surface area (Å²) in [6.07, 6.45) is -2.97. The molecule has 0 bridgehead atoms. The average molecular weight is 463 g/mol. The van der Waals surface area contributed by atoms with Crippen LogP contribution < -0.4 is 5.32 Å². The Labute approximate surface area is 196 Å².